The Balaban J connectivity index is 1.92. The van der Waals surface area contributed by atoms with Gasteiger partial charge in [0.05, 0.1) is 6.04 Å². The van der Waals surface area contributed by atoms with Crippen molar-refractivity contribution in [2.24, 2.45) is 0 Å². The first-order valence-corrected chi connectivity index (χ1v) is 7.73. The summed E-state index contributed by atoms with van der Waals surface area (Å²) >= 11 is 6.22. The number of hydrogen-bond donors (Lipinski definition) is 1. The number of fused-ring (bicyclic) bond motifs is 1. The molecular weight excluding hydrogens is 266 g/mol. The quantitative estimate of drug-likeness (QED) is 0.716. The Morgan fingerprint density at radius 3 is 2.80 bits per heavy atom. The van der Waals surface area contributed by atoms with E-state index in [1.807, 2.05) is 12.1 Å². The summed E-state index contributed by atoms with van der Waals surface area (Å²) in [6, 6.07) is 15.3. The molecule has 2 heteroatoms. The lowest BCUT2D eigenvalue weighted by atomic mass is 9.98. The summed E-state index contributed by atoms with van der Waals surface area (Å²) in [6.45, 7) is 2.08. The summed E-state index contributed by atoms with van der Waals surface area (Å²) in [5.41, 5.74) is 5.22. The summed E-state index contributed by atoms with van der Waals surface area (Å²) in [5.74, 6) is 0. The van der Waals surface area contributed by atoms with Crippen molar-refractivity contribution in [1.29, 1.82) is 0 Å². The van der Waals surface area contributed by atoms with E-state index in [4.69, 9.17) is 11.6 Å². The fourth-order valence-electron chi connectivity index (χ4n) is 3.02. The van der Waals surface area contributed by atoms with Crippen molar-refractivity contribution in [3.05, 3.63) is 64.2 Å². The molecule has 0 aromatic heterocycles. The monoisotopic (exact) mass is 285 g/mol. The first-order valence-electron chi connectivity index (χ1n) is 7.35. The van der Waals surface area contributed by atoms with E-state index < -0.39 is 0 Å². The highest BCUT2D eigenvalue weighted by atomic mass is 35.5. The van der Waals surface area contributed by atoms with Crippen LogP contribution < -0.4 is 5.32 Å². The largest absolute Gasteiger partial charge is 0.378 e. The number of rotatable bonds is 2. The van der Waals surface area contributed by atoms with E-state index in [0.29, 0.717) is 6.04 Å². The SMILES string of the molecule is Cc1c(Cl)cccc1NC1CCCCc2ccccc21. The molecule has 1 unspecified atom stereocenters. The second kappa shape index (κ2) is 5.88. The lowest BCUT2D eigenvalue weighted by Gasteiger charge is -2.22. The Bertz CT molecular complexity index is 606. The first kappa shape index (κ1) is 13.5. The molecule has 1 aliphatic rings. The molecule has 2 aromatic rings. The molecule has 1 N–H and O–H groups in total. The zero-order valence-corrected chi connectivity index (χ0v) is 12.6. The topological polar surface area (TPSA) is 12.0 Å². The van der Waals surface area contributed by atoms with Gasteiger partial charge in [0.2, 0.25) is 0 Å². The minimum Gasteiger partial charge on any atom is -0.378 e. The zero-order chi connectivity index (χ0) is 13.9. The maximum absolute atomic E-state index is 6.22. The standard InChI is InChI=1S/C18H20ClN/c1-13-16(19)10-6-12-17(13)20-18-11-5-3-8-14-7-2-4-9-15(14)18/h2,4,6-7,9-10,12,18,20H,3,5,8,11H2,1H3. The molecule has 104 valence electrons. The highest BCUT2D eigenvalue weighted by Crippen LogP contribution is 2.33. The van der Waals surface area contributed by atoms with Crippen LogP contribution in [-0.4, -0.2) is 0 Å². The molecule has 1 nitrogen and oxygen atoms in total. The minimum absolute atomic E-state index is 0.394. The lowest BCUT2D eigenvalue weighted by Crippen LogP contribution is -2.12. The Morgan fingerprint density at radius 1 is 1.05 bits per heavy atom. The van der Waals surface area contributed by atoms with Crippen LogP contribution in [0, 0.1) is 6.92 Å². The van der Waals surface area contributed by atoms with Crippen LogP contribution in [0.25, 0.3) is 0 Å². The fourth-order valence-corrected chi connectivity index (χ4v) is 3.20. The Morgan fingerprint density at radius 2 is 1.90 bits per heavy atom. The molecule has 1 atom stereocenters. The van der Waals surface area contributed by atoms with Crippen LogP contribution >= 0.6 is 11.6 Å². The fraction of sp³-hybridized carbons (Fsp3) is 0.333. The van der Waals surface area contributed by atoms with Gasteiger partial charge in [0.15, 0.2) is 0 Å². The van der Waals surface area contributed by atoms with E-state index in [-0.39, 0.29) is 0 Å². The smallest absolute Gasteiger partial charge is 0.0516 e. The molecule has 0 saturated heterocycles. The Hall–Kier alpha value is -1.47. The molecule has 0 radical (unpaired) electrons. The van der Waals surface area contributed by atoms with Crippen molar-refractivity contribution in [3.63, 3.8) is 0 Å². The number of benzene rings is 2. The van der Waals surface area contributed by atoms with Crippen LogP contribution in [0.2, 0.25) is 5.02 Å². The van der Waals surface area contributed by atoms with Gasteiger partial charge in [0.25, 0.3) is 0 Å². The summed E-state index contributed by atoms with van der Waals surface area (Å²) in [4.78, 5) is 0. The second-order valence-corrected chi connectivity index (χ2v) is 5.96. The Kier molecular flexibility index (Phi) is 3.98. The van der Waals surface area contributed by atoms with Crippen LogP contribution in [-0.2, 0) is 6.42 Å². The zero-order valence-electron chi connectivity index (χ0n) is 11.8. The van der Waals surface area contributed by atoms with Crippen molar-refractivity contribution in [1.82, 2.24) is 0 Å². The van der Waals surface area contributed by atoms with Crippen LogP contribution in [0.4, 0.5) is 5.69 Å². The third-order valence-corrected chi connectivity index (χ3v) is 4.63. The number of hydrogen-bond acceptors (Lipinski definition) is 1. The molecule has 0 amide bonds. The van der Waals surface area contributed by atoms with Crippen molar-refractivity contribution in [2.75, 3.05) is 5.32 Å². The minimum atomic E-state index is 0.394. The third-order valence-electron chi connectivity index (χ3n) is 4.22. The van der Waals surface area contributed by atoms with E-state index in [2.05, 4.69) is 42.6 Å². The molecule has 2 aromatic carbocycles. The molecule has 0 bridgehead atoms. The maximum Gasteiger partial charge on any atom is 0.0516 e. The van der Waals surface area contributed by atoms with Crippen molar-refractivity contribution < 1.29 is 0 Å². The third kappa shape index (κ3) is 2.69. The van der Waals surface area contributed by atoms with Gasteiger partial charge in [-0.2, -0.15) is 0 Å². The van der Waals surface area contributed by atoms with Gasteiger partial charge >= 0.3 is 0 Å². The summed E-state index contributed by atoms with van der Waals surface area (Å²) in [6.07, 6.45) is 4.93. The average molecular weight is 286 g/mol. The highest BCUT2D eigenvalue weighted by Gasteiger charge is 2.18. The number of halogens is 1. The van der Waals surface area contributed by atoms with Gasteiger partial charge in [-0.15, -0.1) is 0 Å². The number of anilines is 1. The summed E-state index contributed by atoms with van der Waals surface area (Å²) < 4.78 is 0. The number of aryl methyl sites for hydroxylation is 1. The molecule has 0 fully saturated rings. The highest BCUT2D eigenvalue weighted by molar-refractivity contribution is 6.31. The van der Waals surface area contributed by atoms with Gasteiger partial charge < -0.3 is 5.32 Å². The van der Waals surface area contributed by atoms with Crippen LogP contribution in [0.1, 0.15) is 42.0 Å². The van der Waals surface area contributed by atoms with Gasteiger partial charge in [-0.25, -0.2) is 0 Å². The van der Waals surface area contributed by atoms with Gasteiger partial charge in [-0.3, -0.25) is 0 Å². The predicted octanol–water partition coefficient (Wildman–Crippen LogP) is 5.53. The van der Waals surface area contributed by atoms with Gasteiger partial charge in [0, 0.05) is 10.7 Å². The maximum atomic E-state index is 6.22. The van der Waals surface area contributed by atoms with Crippen LogP contribution in [0.15, 0.2) is 42.5 Å². The lowest BCUT2D eigenvalue weighted by molar-refractivity contribution is 0.644. The van der Waals surface area contributed by atoms with Crippen molar-refractivity contribution >= 4 is 17.3 Å². The normalized spacial score (nSPS) is 18.2. The van der Waals surface area contributed by atoms with Crippen molar-refractivity contribution in [3.8, 4) is 0 Å². The second-order valence-electron chi connectivity index (χ2n) is 5.55. The first-order chi connectivity index (χ1) is 9.75. The molecule has 20 heavy (non-hydrogen) atoms. The molecule has 0 saturated carbocycles. The number of nitrogens with one attached hydrogen (secondary N) is 1. The van der Waals surface area contributed by atoms with Crippen LogP contribution in [0.3, 0.4) is 0 Å². The van der Waals surface area contributed by atoms with Gasteiger partial charge in [0.1, 0.15) is 0 Å². The van der Waals surface area contributed by atoms with Gasteiger partial charge in [-0.1, -0.05) is 48.4 Å². The Labute approximate surface area is 126 Å². The molecule has 0 spiro atoms. The van der Waals surface area contributed by atoms with E-state index >= 15 is 0 Å². The van der Waals surface area contributed by atoms with E-state index in [9.17, 15) is 0 Å². The average Bonchev–Trinajstić information content (AvgIpc) is 2.67. The predicted molar refractivity (Wildman–Crippen MR) is 86.5 cm³/mol. The van der Waals surface area contributed by atoms with E-state index in [1.54, 1.807) is 0 Å². The molecule has 0 heterocycles. The van der Waals surface area contributed by atoms with Crippen molar-refractivity contribution in [2.45, 2.75) is 38.6 Å². The summed E-state index contributed by atoms with van der Waals surface area (Å²) in [5, 5.41) is 4.53. The molecule has 3 rings (SSSR count). The molecule has 1 aliphatic carbocycles. The van der Waals surface area contributed by atoms with E-state index in [1.165, 1.54) is 36.8 Å². The molecule has 0 aliphatic heterocycles. The van der Waals surface area contributed by atoms with Crippen LogP contribution in [0.5, 0.6) is 0 Å². The molecular formula is C18H20ClN. The van der Waals surface area contributed by atoms with E-state index in [0.717, 1.165) is 16.3 Å². The summed E-state index contributed by atoms with van der Waals surface area (Å²) in [7, 11) is 0. The van der Waals surface area contributed by atoms with Gasteiger partial charge in [-0.05, 0) is 55.0 Å².